The highest BCUT2D eigenvalue weighted by Gasteiger charge is 2.22. The number of alkyl carbamates (subject to hydrolysis) is 1. The molecular formula is C14H19NO3S. The molecule has 1 aliphatic rings. The summed E-state index contributed by atoms with van der Waals surface area (Å²) in [4.78, 5) is 12.8. The highest BCUT2D eigenvalue weighted by molar-refractivity contribution is 7.99. The second kappa shape index (κ2) is 5.74. The van der Waals surface area contributed by atoms with Gasteiger partial charge in [-0.25, -0.2) is 4.79 Å². The predicted octanol–water partition coefficient (Wildman–Crippen LogP) is 3.06. The molecule has 0 radical (unpaired) electrons. The zero-order chi connectivity index (χ0) is 13.9. The van der Waals surface area contributed by atoms with Crippen molar-refractivity contribution < 1.29 is 14.3 Å². The van der Waals surface area contributed by atoms with Gasteiger partial charge in [-0.1, -0.05) is 12.1 Å². The lowest BCUT2D eigenvalue weighted by Gasteiger charge is -2.22. The van der Waals surface area contributed by atoms with E-state index in [9.17, 15) is 4.79 Å². The van der Waals surface area contributed by atoms with Crippen molar-refractivity contribution in [2.45, 2.75) is 37.3 Å². The van der Waals surface area contributed by atoms with Gasteiger partial charge in [0.2, 0.25) is 0 Å². The molecule has 19 heavy (non-hydrogen) atoms. The van der Waals surface area contributed by atoms with Crippen molar-refractivity contribution in [3.05, 3.63) is 24.3 Å². The Morgan fingerprint density at radius 1 is 1.42 bits per heavy atom. The van der Waals surface area contributed by atoms with Gasteiger partial charge in [-0.2, -0.15) is 0 Å². The number of amides is 1. The number of carbonyl (C=O) groups excluding carboxylic acids is 1. The summed E-state index contributed by atoms with van der Waals surface area (Å²) < 4.78 is 10.9. The lowest BCUT2D eigenvalue weighted by Crippen LogP contribution is -2.43. The Balaban J connectivity index is 1.90. The van der Waals surface area contributed by atoms with Crippen molar-refractivity contribution in [3.8, 4) is 5.75 Å². The molecule has 0 aliphatic carbocycles. The Labute approximate surface area is 117 Å². The van der Waals surface area contributed by atoms with Crippen LogP contribution >= 0.6 is 11.8 Å². The van der Waals surface area contributed by atoms with Crippen LogP contribution in [0.25, 0.3) is 0 Å². The molecule has 5 heteroatoms. The standard InChI is InChI=1S/C14H19NO3S/c1-14(2,3)18-13(16)15-10-8-17-11-6-4-5-7-12(11)19-9-10/h4-7,10H,8-9H2,1-3H3,(H,15,16). The van der Waals surface area contributed by atoms with Crippen LogP contribution in [0.4, 0.5) is 4.79 Å². The molecule has 0 spiro atoms. The molecule has 0 aromatic heterocycles. The fourth-order valence-corrected chi connectivity index (χ4v) is 2.68. The maximum absolute atomic E-state index is 11.7. The fourth-order valence-electron chi connectivity index (χ4n) is 1.68. The zero-order valence-corrected chi connectivity index (χ0v) is 12.3. The monoisotopic (exact) mass is 281 g/mol. The molecule has 0 saturated carbocycles. The summed E-state index contributed by atoms with van der Waals surface area (Å²) in [5.41, 5.74) is -0.480. The Kier molecular flexibility index (Phi) is 4.24. The highest BCUT2D eigenvalue weighted by Crippen LogP contribution is 2.31. The minimum Gasteiger partial charge on any atom is -0.490 e. The van der Waals surface area contributed by atoms with Crippen LogP contribution < -0.4 is 10.1 Å². The third-order valence-electron chi connectivity index (χ3n) is 2.45. The zero-order valence-electron chi connectivity index (χ0n) is 11.4. The maximum atomic E-state index is 11.7. The van der Waals surface area contributed by atoms with E-state index < -0.39 is 11.7 Å². The Hall–Kier alpha value is -1.36. The molecule has 2 rings (SSSR count). The molecule has 0 fully saturated rings. The molecule has 1 unspecified atom stereocenters. The van der Waals surface area contributed by atoms with E-state index in [4.69, 9.17) is 9.47 Å². The second-order valence-corrected chi connectivity index (χ2v) is 6.47. The Morgan fingerprint density at radius 2 is 2.16 bits per heavy atom. The lowest BCUT2D eigenvalue weighted by atomic mass is 10.2. The number of rotatable bonds is 1. The van der Waals surface area contributed by atoms with Gasteiger partial charge in [0.15, 0.2) is 0 Å². The predicted molar refractivity (Wildman–Crippen MR) is 75.8 cm³/mol. The van der Waals surface area contributed by atoms with Crippen molar-refractivity contribution in [1.29, 1.82) is 0 Å². The van der Waals surface area contributed by atoms with Gasteiger partial charge >= 0.3 is 6.09 Å². The summed E-state index contributed by atoms with van der Waals surface area (Å²) in [5, 5.41) is 2.84. The van der Waals surface area contributed by atoms with E-state index in [1.165, 1.54) is 0 Å². The summed E-state index contributed by atoms with van der Waals surface area (Å²) in [6.07, 6.45) is -0.396. The van der Waals surface area contributed by atoms with Gasteiger partial charge < -0.3 is 14.8 Å². The first-order valence-electron chi connectivity index (χ1n) is 6.28. The minimum atomic E-state index is -0.480. The van der Waals surface area contributed by atoms with E-state index >= 15 is 0 Å². The molecule has 104 valence electrons. The molecule has 1 heterocycles. The topological polar surface area (TPSA) is 47.6 Å². The number of para-hydroxylation sites is 1. The van der Waals surface area contributed by atoms with Crippen molar-refractivity contribution in [3.63, 3.8) is 0 Å². The number of hydrogen-bond donors (Lipinski definition) is 1. The quantitative estimate of drug-likeness (QED) is 0.859. The van der Waals surface area contributed by atoms with E-state index in [-0.39, 0.29) is 6.04 Å². The minimum absolute atomic E-state index is 0.0488. The van der Waals surface area contributed by atoms with Crippen LogP contribution in [0.15, 0.2) is 29.2 Å². The average molecular weight is 281 g/mol. The highest BCUT2D eigenvalue weighted by atomic mass is 32.2. The van der Waals surface area contributed by atoms with Crippen molar-refractivity contribution in [2.24, 2.45) is 0 Å². The van der Waals surface area contributed by atoms with Crippen LogP contribution in [0.5, 0.6) is 5.75 Å². The van der Waals surface area contributed by atoms with E-state index in [1.54, 1.807) is 11.8 Å². The van der Waals surface area contributed by atoms with E-state index in [1.807, 2.05) is 45.0 Å². The number of hydrogen-bond acceptors (Lipinski definition) is 4. The molecule has 1 atom stereocenters. The molecular weight excluding hydrogens is 262 g/mol. The molecule has 1 aromatic rings. The molecule has 1 aliphatic heterocycles. The maximum Gasteiger partial charge on any atom is 0.408 e. The lowest BCUT2D eigenvalue weighted by molar-refractivity contribution is 0.0495. The van der Waals surface area contributed by atoms with Crippen LogP contribution in [-0.4, -0.2) is 30.1 Å². The summed E-state index contributed by atoms with van der Waals surface area (Å²) in [6.45, 7) is 6.01. The van der Waals surface area contributed by atoms with Gasteiger partial charge in [0.05, 0.1) is 6.04 Å². The van der Waals surface area contributed by atoms with Crippen molar-refractivity contribution in [2.75, 3.05) is 12.4 Å². The van der Waals surface area contributed by atoms with Crippen LogP contribution in [0.1, 0.15) is 20.8 Å². The van der Waals surface area contributed by atoms with Gasteiger partial charge in [0, 0.05) is 10.6 Å². The number of ether oxygens (including phenoxy) is 2. The second-order valence-electron chi connectivity index (χ2n) is 5.41. The van der Waals surface area contributed by atoms with Gasteiger partial charge in [-0.3, -0.25) is 0 Å². The SMILES string of the molecule is CC(C)(C)OC(=O)NC1COc2ccccc2SC1. The number of carbonyl (C=O) groups is 1. The number of benzene rings is 1. The first-order chi connectivity index (χ1) is 8.94. The van der Waals surface area contributed by atoms with Crippen LogP contribution in [-0.2, 0) is 4.74 Å². The van der Waals surface area contributed by atoms with Crippen molar-refractivity contribution >= 4 is 17.9 Å². The summed E-state index contributed by atoms with van der Waals surface area (Å²) in [5.74, 6) is 1.65. The molecule has 0 saturated heterocycles. The summed E-state index contributed by atoms with van der Waals surface area (Å²) >= 11 is 1.68. The van der Waals surface area contributed by atoms with E-state index in [2.05, 4.69) is 5.32 Å². The number of thioether (sulfide) groups is 1. The van der Waals surface area contributed by atoms with Gasteiger partial charge in [-0.05, 0) is 32.9 Å². The number of fused-ring (bicyclic) bond motifs is 1. The Bertz CT molecular complexity index is 429. The average Bonchev–Trinajstić information content (AvgIpc) is 2.50. The van der Waals surface area contributed by atoms with Gasteiger partial charge in [0.25, 0.3) is 0 Å². The molecule has 0 bridgehead atoms. The first-order valence-corrected chi connectivity index (χ1v) is 7.27. The van der Waals surface area contributed by atoms with Crippen LogP contribution in [0.3, 0.4) is 0 Å². The molecule has 1 aromatic carbocycles. The normalized spacial score (nSPS) is 18.8. The third kappa shape index (κ3) is 4.35. The third-order valence-corrected chi connectivity index (χ3v) is 3.67. The van der Waals surface area contributed by atoms with Crippen LogP contribution in [0, 0.1) is 0 Å². The molecule has 1 amide bonds. The van der Waals surface area contributed by atoms with E-state index in [0.717, 1.165) is 16.4 Å². The molecule has 1 N–H and O–H groups in total. The number of nitrogens with one attached hydrogen (secondary N) is 1. The Morgan fingerprint density at radius 3 is 2.89 bits per heavy atom. The molecule has 4 nitrogen and oxygen atoms in total. The summed E-state index contributed by atoms with van der Waals surface area (Å²) in [7, 11) is 0. The smallest absolute Gasteiger partial charge is 0.408 e. The van der Waals surface area contributed by atoms with Crippen molar-refractivity contribution in [1.82, 2.24) is 5.32 Å². The van der Waals surface area contributed by atoms with Crippen LogP contribution in [0.2, 0.25) is 0 Å². The largest absolute Gasteiger partial charge is 0.490 e. The fraction of sp³-hybridized carbons (Fsp3) is 0.500. The first kappa shape index (κ1) is 14.1. The van der Waals surface area contributed by atoms with Gasteiger partial charge in [-0.15, -0.1) is 11.8 Å². The van der Waals surface area contributed by atoms with Gasteiger partial charge in [0.1, 0.15) is 18.0 Å². The summed E-state index contributed by atoms with van der Waals surface area (Å²) in [6, 6.07) is 7.85. The van der Waals surface area contributed by atoms with E-state index in [0.29, 0.717) is 6.61 Å².